The molecule has 2 N–H and O–H groups in total. The molecule has 1 nitrogen and oxygen atoms in total. The molecule has 94 valence electrons. The lowest BCUT2D eigenvalue weighted by Crippen LogP contribution is -2.14. The first-order valence-corrected chi connectivity index (χ1v) is 6.22. The van der Waals surface area contributed by atoms with E-state index in [-0.39, 0.29) is 5.82 Å². The highest BCUT2D eigenvalue weighted by molar-refractivity contribution is 6.36. The Morgan fingerprint density at radius 2 is 1.72 bits per heavy atom. The average molecular weight is 284 g/mol. The summed E-state index contributed by atoms with van der Waals surface area (Å²) in [6, 6.07) is 9.26. The maximum atomic E-state index is 13.1. The molecule has 1 atom stereocenters. The third-order valence-corrected chi connectivity index (χ3v) is 3.54. The molecule has 18 heavy (non-hydrogen) atoms. The van der Waals surface area contributed by atoms with E-state index >= 15 is 0 Å². The minimum Gasteiger partial charge on any atom is -0.320 e. The Kier molecular flexibility index (Phi) is 3.91. The minimum atomic E-state index is -0.466. The number of benzene rings is 2. The molecule has 0 aromatic heterocycles. The van der Waals surface area contributed by atoms with E-state index < -0.39 is 6.04 Å². The van der Waals surface area contributed by atoms with E-state index in [4.69, 9.17) is 28.9 Å². The third kappa shape index (κ3) is 2.51. The maximum absolute atomic E-state index is 13.1. The number of hydrogen-bond acceptors (Lipinski definition) is 1. The SMILES string of the molecule is Cc1cc(F)ccc1C(N)c1c(Cl)cccc1Cl. The van der Waals surface area contributed by atoms with Crippen LogP contribution in [0.3, 0.4) is 0 Å². The normalized spacial score (nSPS) is 12.5. The molecule has 0 bridgehead atoms. The second-order valence-electron chi connectivity index (χ2n) is 4.11. The number of nitrogens with two attached hydrogens (primary N) is 1. The van der Waals surface area contributed by atoms with Gasteiger partial charge in [-0.3, -0.25) is 0 Å². The molecule has 0 aliphatic rings. The molecule has 0 saturated carbocycles. The Balaban J connectivity index is 2.51. The summed E-state index contributed by atoms with van der Waals surface area (Å²) in [5.41, 5.74) is 8.43. The smallest absolute Gasteiger partial charge is 0.123 e. The zero-order chi connectivity index (χ0) is 13.3. The Bertz CT molecular complexity index is 564. The van der Waals surface area contributed by atoms with Crippen LogP contribution in [-0.4, -0.2) is 0 Å². The van der Waals surface area contributed by atoms with E-state index in [1.54, 1.807) is 24.3 Å². The van der Waals surface area contributed by atoms with Gasteiger partial charge in [0.15, 0.2) is 0 Å². The van der Waals surface area contributed by atoms with Crippen LogP contribution < -0.4 is 5.73 Å². The van der Waals surface area contributed by atoms with Crippen LogP contribution in [0.4, 0.5) is 4.39 Å². The minimum absolute atomic E-state index is 0.284. The second-order valence-corrected chi connectivity index (χ2v) is 4.93. The lowest BCUT2D eigenvalue weighted by Gasteiger charge is -2.18. The van der Waals surface area contributed by atoms with Gasteiger partial charge in [-0.25, -0.2) is 4.39 Å². The fraction of sp³-hybridized carbons (Fsp3) is 0.143. The van der Waals surface area contributed by atoms with Gasteiger partial charge in [-0.15, -0.1) is 0 Å². The molecule has 0 spiro atoms. The van der Waals surface area contributed by atoms with Gasteiger partial charge in [0.1, 0.15) is 5.82 Å². The van der Waals surface area contributed by atoms with Crippen LogP contribution in [-0.2, 0) is 0 Å². The average Bonchev–Trinajstić information content (AvgIpc) is 2.28. The molecule has 0 saturated heterocycles. The topological polar surface area (TPSA) is 26.0 Å². The standard InChI is InChI=1S/C14H12Cl2FN/c1-8-7-9(17)5-6-10(8)14(18)13-11(15)3-2-4-12(13)16/h2-7,14H,18H2,1H3. The maximum Gasteiger partial charge on any atom is 0.123 e. The summed E-state index contributed by atoms with van der Waals surface area (Å²) < 4.78 is 13.1. The van der Waals surface area contributed by atoms with Gasteiger partial charge in [-0.05, 0) is 42.3 Å². The molecular formula is C14H12Cl2FN. The lowest BCUT2D eigenvalue weighted by atomic mass is 9.95. The van der Waals surface area contributed by atoms with Gasteiger partial charge in [-0.2, -0.15) is 0 Å². The van der Waals surface area contributed by atoms with Gasteiger partial charge < -0.3 is 5.73 Å². The summed E-state index contributed by atoms with van der Waals surface area (Å²) in [5.74, 6) is -0.284. The predicted molar refractivity (Wildman–Crippen MR) is 73.6 cm³/mol. The predicted octanol–water partition coefficient (Wildman–Crippen LogP) is 4.49. The summed E-state index contributed by atoms with van der Waals surface area (Å²) >= 11 is 12.2. The van der Waals surface area contributed by atoms with E-state index in [1.807, 2.05) is 6.92 Å². The largest absolute Gasteiger partial charge is 0.320 e. The zero-order valence-corrected chi connectivity index (χ0v) is 11.3. The fourth-order valence-corrected chi connectivity index (χ4v) is 2.58. The number of halogens is 3. The van der Waals surface area contributed by atoms with E-state index in [2.05, 4.69) is 0 Å². The molecule has 0 aliphatic heterocycles. The molecule has 0 radical (unpaired) electrons. The summed E-state index contributed by atoms with van der Waals surface area (Å²) in [6.07, 6.45) is 0. The first-order valence-electron chi connectivity index (χ1n) is 5.46. The quantitative estimate of drug-likeness (QED) is 0.864. The van der Waals surface area contributed by atoms with Crippen LogP contribution in [0.15, 0.2) is 36.4 Å². The molecule has 2 aromatic rings. The molecule has 0 fully saturated rings. The summed E-state index contributed by atoms with van der Waals surface area (Å²) in [6.45, 7) is 1.81. The van der Waals surface area contributed by atoms with Gasteiger partial charge in [0, 0.05) is 15.6 Å². The van der Waals surface area contributed by atoms with Gasteiger partial charge in [0.25, 0.3) is 0 Å². The summed E-state index contributed by atoms with van der Waals surface area (Å²) in [4.78, 5) is 0. The van der Waals surface area contributed by atoms with Crippen molar-refractivity contribution in [3.8, 4) is 0 Å². The molecule has 2 aromatic carbocycles. The van der Waals surface area contributed by atoms with Gasteiger partial charge in [0.05, 0.1) is 6.04 Å². The van der Waals surface area contributed by atoms with Crippen LogP contribution in [0.2, 0.25) is 10.0 Å². The highest BCUT2D eigenvalue weighted by Gasteiger charge is 2.17. The number of hydrogen-bond donors (Lipinski definition) is 1. The molecule has 2 rings (SSSR count). The monoisotopic (exact) mass is 283 g/mol. The van der Waals surface area contributed by atoms with Crippen LogP contribution in [0, 0.1) is 12.7 Å². The van der Waals surface area contributed by atoms with Crippen molar-refractivity contribution in [3.05, 3.63) is 69.0 Å². The molecular weight excluding hydrogens is 272 g/mol. The zero-order valence-electron chi connectivity index (χ0n) is 9.75. The molecule has 1 unspecified atom stereocenters. The fourth-order valence-electron chi connectivity index (χ4n) is 1.95. The molecule has 0 aliphatic carbocycles. The first-order chi connectivity index (χ1) is 8.50. The Hall–Kier alpha value is -1.09. The Labute approximate surface area is 115 Å². The highest BCUT2D eigenvalue weighted by atomic mass is 35.5. The summed E-state index contributed by atoms with van der Waals surface area (Å²) in [7, 11) is 0. The Morgan fingerprint density at radius 3 is 2.28 bits per heavy atom. The number of aryl methyl sites for hydroxylation is 1. The molecule has 0 heterocycles. The van der Waals surface area contributed by atoms with Gasteiger partial charge >= 0.3 is 0 Å². The summed E-state index contributed by atoms with van der Waals surface area (Å²) in [5, 5.41) is 1.03. The van der Waals surface area contributed by atoms with Crippen LogP contribution >= 0.6 is 23.2 Å². The third-order valence-electron chi connectivity index (χ3n) is 2.88. The number of rotatable bonds is 2. The molecule has 4 heteroatoms. The van der Waals surface area contributed by atoms with E-state index in [0.29, 0.717) is 15.6 Å². The van der Waals surface area contributed by atoms with Gasteiger partial charge in [0.2, 0.25) is 0 Å². The lowest BCUT2D eigenvalue weighted by molar-refractivity contribution is 0.624. The van der Waals surface area contributed by atoms with E-state index in [0.717, 1.165) is 11.1 Å². The van der Waals surface area contributed by atoms with Crippen LogP contribution in [0.5, 0.6) is 0 Å². The van der Waals surface area contributed by atoms with E-state index in [1.165, 1.54) is 12.1 Å². The molecule has 0 amide bonds. The van der Waals surface area contributed by atoms with Crippen molar-refractivity contribution in [2.45, 2.75) is 13.0 Å². The van der Waals surface area contributed by atoms with Crippen molar-refractivity contribution in [2.24, 2.45) is 5.73 Å². The van der Waals surface area contributed by atoms with Crippen molar-refractivity contribution in [3.63, 3.8) is 0 Å². The first kappa shape index (κ1) is 13.3. The van der Waals surface area contributed by atoms with Gasteiger partial charge in [-0.1, -0.05) is 35.3 Å². The van der Waals surface area contributed by atoms with Crippen molar-refractivity contribution >= 4 is 23.2 Å². The van der Waals surface area contributed by atoms with Crippen LogP contribution in [0.1, 0.15) is 22.7 Å². The van der Waals surface area contributed by atoms with Crippen molar-refractivity contribution in [1.82, 2.24) is 0 Å². The van der Waals surface area contributed by atoms with Crippen LogP contribution in [0.25, 0.3) is 0 Å². The van der Waals surface area contributed by atoms with Crippen molar-refractivity contribution < 1.29 is 4.39 Å². The van der Waals surface area contributed by atoms with Crippen molar-refractivity contribution in [2.75, 3.05) is 0 Å². The van der Waals surface area contributed by atoms with E-state index in [9.17, 15) is 4.39 Å². The second kappa shape index (κ2) is 5.27. The Morgan fingerprint density at radius 1 is 1.11 bits per heavy atom. The highest BCUT2D eigenvalue weighted by Crippen LogP contribution is 2.33. The van der Waals surface area contributed by atoms with Crippen molar-refractivity contribution in [1.29, 1.82) is 0 Å².